The van der Waals surface area contributed by atoms with Gasteiger partial charge in [-0.1, -0.05) is 62.9 Å². The Bertz CT molecular complexity index is 295. The third-order valence-corrected chi connectivity index (χ3v) is 2.84. The lowest BCUT2D eigenvalue weighted by Crippen LogP contribution is -2.00. The molecule has 0 radical (unpaired) electrons. The predicted molar refractivity (Wildman–Crippen MR) is 68.2 cm³/mol. The molecular formula is C14H21NO. The van der Waals surface area contributed by atoms with E-state index < -0.39 is 0 Å². The SMILES string of the molecule is CCCCCCC(/C=N/O)c1ccccc1. The highest BCUT2D eigenvalue weighted by atomic mass is 16.4. The second-order valence-electron chi connectivity index (χ2n) is 4.13. The van der Waals surface area contributed by atoms with Crippen molar-refractivity contribution in [1.29, 1.82) is 0 Å². The van der Waals surface area contributed by atoms with Gasteiger partial charge in [-0.2, -0.15) is 0 Å². The number of nitrogens with zero attached hydrogens (tertiary/aromatic N) is 1. The summed E-state index contributed by atoms with van der Waals surface area (Å²) in [4.78, 5) is 0. The molecule has 2 nitrogen and oxygen atoms in total. The molecule has 0 heterocycles. The van der Waals surface area contributed by atoms with Crippen LogP contribution in [0.1, 0.15) is 50.5 Å². The van der Waals surface area contributed by atoms with E-state index >= 15 is 0 Å². The van der Waals surface area contributed by atoms with E-state index in [2.05, 4.69) is 24.2 Å². The molecule has 0 aromatic heterocycles. The molecule has 0 saturated heterocycles. The van der Waals surface area contributed by atoms with Crippen molar-refractivity contribution in [3.8, 4) is 0 Å². The van der Waals surface area contributed by atoms with Gasteiger partial charge in [-0.05, 0) is 12.0 Å². The topological polar surface area (TPSA) is 32.6 Å². The lowest BCUT2D eigenvalue weighted by atomic mass is 9.94. The summed E-state index contributed by atoms with van der Waals surface area (Å²) in [5.74, 6) is 0.253. The van der Waals surface area contributed by atoms with Crippen molar-refractivity contribution in [2.24, 2.45) is 5.16 Å². The number of unbranched alkanes of at least 4 members (excludes halogenated alkanes) is 3. The van der Waals surface area contributed by atoms with Crippen molar-refractivity contribution in [3.05, 3.63) is 35.9 Å². The summed E-state index contributed by atoms with van der Waals surface area (Å²) >= 11 is 0. The van der Waals surface area contributed by atoms with Gasteiger partial charge in [0.2, 0.25) is 0 Å². The van der Waals surface area contributed by atoms with Crippen LogP contribution in [0.3, 0.4) is 0 Å². The van der Waals surface area contributed by atoms with Crippen LogP contribution in [0.4, 0.5) is 0 Å². The first-order valence-electron chi connectivity index (χ1n) is 6.11. The molecule has 1 unspecified atom stereocenters. The molecule has 88 valence electrons. The van der Waals surface area contributed by atoms with Gasteiger partial charge in [-0.25, -0.2) is 0 Å². The number of oxime groups is 1. The first-order valence-corrected chi connectivity index (χ1v) is 6.11. The van der Waals surface area contributed by atoms with Gasteiger partial charge in [-0.3, -0.25) is 0 Å². The molecular weight excluding hydrogens is 198 g/mol. The highest BCUT2D eigenvalue weighted by Crippen LogP contribution is 2.20. The molecule has 0 amide bonds. The molecule has 1 N–H and O–H groups in total. The zero-order valence-electron chi connectivity index (χ0n) is 9.97. The Kier molecular flexibility index (Phi) is 6.31. The highest BCUT2D eigenvalue weighted by molar-refractivity contribution is 5.67. The number of rotatable bonds is 7. The van der Waals surface area contributed by atoms with E-state index in [-0.39, 0.29) is 5.92 Å². The van der Waals surface area contributed by atoms with Crippen LogP contribution in [0, 0.1) is 0 Å². The molecule has 2 heteroatoms. The van der Waals surface area contributed by atoms with Crippen LogP contribution >= 0.6 is 0 Å². The summed E-state index contributed by atoms with van der Waals surface area (Å²) < 4.78 is 0. The third kappa shape index (κ3) is 4.47. The maximum absolute atomic E-state index is 8.67. The Hall–Kier alpha value is -1.31. The minimum absolute atomic E-state index is 0.253. The molecule has 1 rings (SSSR count). The molecule has 0 aliphatic rings. The molecule has 0 aliphatic carbocycles. The van der Waals surface area contributed by atoms with E-state index in [0.717, 1.165) is 6.42 Å². The van der Waals surface area contributed by atoms with Gasteiger partial charge in [-0.15, -0.1) is 5.16 Å². The predicted octanol–water partition coefficient (Wildman–Crippen LogP) is 4.20. The second-order valence-corrected chi connectivity index (χ2v) is 4.13. The Morgan fingerprint density at radius 3 is 2.56 bits per heavy atom. The summed E-state index contributed by atoms with van der Waals surface area (Å²) in [7, 11) is 0. The van der Waals surface area contributed by atoms with Crippen molar-refractivity contribution in [1.82, 2.24) is 0 Å². The smallest absolute Gasteiger partial charge is 0.0510 e. The van der Waals surface area contributed by atoms with Crippen LogP contribution in [-0.2, 0) is 0 Å². The second kappa shape index (κ2) is 7.91. The van der Waals surface area contributed by atoms with Crippen LogP contribution in [0.15, 0.2) is 35.5 Å². The fourth-order valence-corrected chi connectivity index (χ4v) is 1.90. The average molecular weight is 219 g/mol. The van der Waals surface area contributed by atoms with Crippen LogP contribution < -0.4 is 0 Å². The summed E-state index contributed by atoms with van der Waals surface area (Å²) in [6, 6.07) is 10.2. The standard InChI is InChI=1S/C14H21NO/c1-2-3-4-6-11-14(12-15-16)13-9-7-5-8-10-13/h5,7-10,12,14,16H,2-4,6,11H2,1H3/b15-12+. The van der Waals surface area contributed by atoms with Gasteiger partial charge in [0, 0.05) is 5.92 Å². The number of hydrogen-bond donors (Lipinski definition) is 1. The lowest BCUT2D eigenvalue weighted by molar-refractivity contribution is 0.319. The monoisotopic (exact) mass is 219 g/mol. The minimum Gasteiger partial charge on any atom is -0.411 e. The molecule has 1 aromatic rings. The Balaban J connectivity index is 2.48. The van der Waals surface area contributed by atoms with Crippen molar-refractivity contribution < 1.29 is 5.21 Å². The molecule has 16 heavy (non-hydrogen) atoms. The van der Waals surface area contributed by atoms with Crippen LogP contribution in [0.25, 0.3) is 0 Å². The number of hydrogen-bond acceptors (Lipinski definition) is 2. The Morgan fingerprint density at radius 1 is 1.19 bits per heavy atom. The lowest BCUT2D eigenvalue weighted by Gasteiger charge is -2.11. The van der Waals surface area contributed by atoms with E-state index in [9.17, 15) is 0 Å². The first kappa shape index (κ1) is 12.8. The molecule has 0 spiro atoms. The quantitative estimate of drug-likeness (QED) is 0.317. The summed E-state index contributed by atoms with van der Waals surface area (Å²) in [6.45, 7) is 2.21. The van der Waals surface area contributed by atoms with Crippen molar-refractivity contribution in [2.45, 2.75) is 44.9 Å². The Morgan fingerprint density at radius 2 is 1.94 bits per heavy atom. The molecule has 1 atom stereocenters. The molecule has 0 saturated carbocycles. The van der Waals surface area contributed by atoms with E-state index in [4.69, 9.17) is 5.21 Å². The van der Waals surface area contributed by atoms with E-state index in [1.165, 1.54) is 31.2 Å². The largest absolute Gasteiger partial charge is 0.411 e. The molecule has 0 bridgehead atoms. The molecule has 0 aliphatic heterocycles. The zero-order chi connectivity index (χ0) is 11.6. The van der Waals surface area contributed by atoms with Crippen molar-refractivity contribution in [2.75, 3.05) is 0 Å². The minimum atomic E-state index is 0.253. The van der Waals surface area contributed by atoms with E-state index in [1.807, 2.05) is 18.2 Å². The maximum atomic E-state index is 8.67. The number of benzene rings is 1. The fourth-order valence-electron chi connectivity index (χ4n) is 1.90. The van der Waals surface area contributed by atoms with E-state index in [0.29, 0.717) is 0 Å². The highest BCUT2D eigenvalue weighted by Gasteiger charge is 2.08. The Labute approximate surface area is 98.0 Å². The normalized spacial score (nSPS) is 13.1. The third-order valence-electron chi connectivity index (χ3n) is 2.84. The molecule has 0 fully saturated rings. The zero-order valence-corrected chi connectivity index (χ0v) is 9.97. The molecule has 1 aromatic carbocycles. The summed E-state index contributed by atoms with van der Waals surface area (Å²) in [5, 5.41) is 11.9. The van der Waals surface area contributed by atoms with Crippen LogP contribution in [-0.4, -0.2) is 11.4 Å². The summed E-state index contributed by atoms with van der Waals surface area (Å²) in [5.41, 5.74) is 1.23. The van der Waals surface area contributed by atoms with E-state index in [1.54, 1.807) is 6.21 Å². The van der Waals surface area contributed by atoms with Gasteiger partial charge in [0.1, 0.15) is 0 Å². The van der Waals surface area contributed by atoms with Crippen molar-refractivity contribution >= 4 is 6.21 Å². The van der Waals surface area contributed by atoms with Crippen LogP contribution in [0.5, 0.6) is 0 Å². The van der Waals surface area contributed by atoms with Gasteiger partial charge >= 0.3 is 0 Å². The van der Waals surface area contributed by atoms with Gasteiger partial charge in [0.05, 0.1) is 6.21 Å². The first-order chi connectivity index (χ1) is 7.88. The summed E-state index contributed by atoms with van der Waals surface area (Å²) in [6.07, 6.45) is 7.70. The van der Waals surface area contributed by atoms with Gasteiger partial charge in [0.15, 0.2) is 0 Å². The van der Waals surface area contributed by atoms with Gasteiger partial charge < -0.3 is 5.21 Å². The van der Waals surface area contributed by atoms with Crippen LogP contribution in [0.2, 0.25) is 0 Å². The fraction of sp³-hybridized carbons (Fsp3) is 0.500. The van der Waals surface area contributed by atoms with Crippen molar-refractivity contribution in [3.63, 3.8) is 0 Å². The van der Waals surface area contributed by atoms with Gasteiger partial charge in [0.25, 0.3) is 0 Å². The maximum Gasteiger partial charge on any atom is 0.0510 e. The average Bonchev–Trinajstić information content (AvgIpc) is 2.34.